The van der Waals surface area contributed by atoms with Gasteiger partial charge in [0.1, 0.15) is 0 Å². The Hall–Kier alpha value is -3.02. The Bertz CT molecular complexity index is 907. The lowest BCUT2D eigenvalue weighted by atomic mass is 9.99. The quantitative estimate of drug-likeness (QED) is 0.919. The summed E-state index contributed by atoms with van der Waals surface area (Å²) in [7, 11) is 3.09. The standard InChI is InChI=1S/C20H20N2O4/c1-25-16-6-5-13(10-17(16)26-2)20(24)21-15-8-12-4-3-7-22-18(23)11-14(9-15)19(12)22/h5-6,8-10H,3-4,7,11H2,1-2H3,(H,21,24). The van der Waals surface area contributed by atoms with Gasteiger partial charge < -0.3 is 19.7 Å². The number of carbonyl (C=O) groups is 2. The molecule has 2 aromatic rings. The number of ether oxygens (including phenoxy) is 2. The smallest absolute Gasteiger partial charge is 0.255 e. The van der Waals surface area contributed by atoms with E-state index >= 15 is 0 Å². The van der Waals surface area contributed by atoms with Crippen LogP contribution in [0.15, 0.2) is 30.3 Å². The third-order valence-corrected chi connectivity index (χ3v) is 4.91. The number of benzene rings is 2. The summed E-state index contributed by atoms with van der Waals surface area (Å²) >= 11 is 0. The van der Waals surface area contributed by atoms with Crippen molar-refractivity contribution in [2.24, 2.45) is 0 Å². The van der Waals surface area contributed by atoms with E-state index in [4.69, 9.17) is 9.47 Å². The summed E-state index contributed by atoms with van der Waals surface area (Å²) < 4.78 is 10.5. The monoisotopic (exact) mass is 352 g/mol. The Morgan fingerprint density at radius 2 is 1.85 bits per heavy atom. The second-order valence-electron chi connectivity index (χ2n) is 6.49. The Balaban J connectivity index is 1.61. The van der Waals surface area contributed by atoms with Gasteiger partial charge in [0.25, 0.3) is 5.91 Å². The van der Waals surface area contributed by atoms with E-state index in [1.165, 1.54) is 7.11 Å². The van der Waals surface area contributed by atoms with Crippen LogP contribution in [-0.2, 0) is 17.6 Å². The highest BCUT2D eigenvalue weighted by Gasteiger charge is 2.32. The first-order valence-electron chi connectivity index (χ1n) is 8.60. The Morgan fingerprint density at radius 3 is 2.62 bits per heavy atom. The molecule has 0 saturated heterocycles. The molecule has 0 atom stereocenters. The van der Waals surface area contributed by atoms with Crippen LogP contribution in [0.25, 0.3) is 0 Å². The molecule has 2 aromatic carbocycles. The number of hydrogen-bond donors (Lipinski definition) is 1. The summed E-state index contributed by atoms with van der Waals surface area (Å²) in [6.45, 7) is 0.788. The van der Waals surface area contributed by atoms with Crippen LogP contribution in [-0.4, -0.2) is 32.6 Å². The molecule has 0 aliphatic carbocycles. The minimum atomic E-state index is -0.227. The summed E-state index contributed by atoms with van der Waals surface area (Å²) in [6, 6.07) is 8.93. The molecule has 0 spiro atoms. The number of anilines is 2. The van der Waals surface area contributed by atoms with Crippen molar-refractivity contribution in [1.82, 2.24) is 0 Å². The first-order chi connectivity index (χ1) is 12.6. The van der Waals surface area contributed by atoms with Gasteiger partial charge in [0.2, 0.25) is 5.91 Å². The second kappa shape index (κ2) is 6.37. The van der Waals surface area contributed by atoms with Crippen LogP contribution >= 0.6 is 0 Å². The lowest BCUT2D eigenvalue weighted by Crippen LogP contribution is -2.31. The molecule has 0 bridgehead atoms. The molecular formula is C20H20N2O4. The zero-order valence-corrected chi connectivity index (χ0v) is 14.8. The van der Waals surface area contributed by atoms with Gasteiger partial charge in [0.05, 0.1) is 26.3 Å². The van der Waals surface area contributed by atoms with Crippen LogP contribution in [0.5, 0.6) is 11.5 Å². The molecule has 0 radical (unpaired) electrons. The van der Waals surface area contributed by atoms with Crippen molar-refractivity contribution >= 4 is 23.2 Å². The molecule has 0 aromatic heterocycles. The van der Waals surface area contributed by atoms with Gasteiger partial charge >= 0.3 is 0 Å². The average molecular weight is 352 g/mol. The van der Waals surface area contributed by atoms with Crippen molar-refractivity contribution < 1.29 is 19.1 Å². The number of carbonyl (C=O) groups excluding carboxylic acids is 2. The SMILES string of the molecule is COc1ccc(C(=O)Nc2cc3c4c(c2)CC(=O)N4CCC3)cc1OC. The Labute approximate surface area is 151 Å². The summed E-state index contributed by atoms with van der Waals surface area (Å²) in [5.41, 5.74) is 4.37. The molecule has 0 fully saturated rings. The molecule has 2 amide bonds. The van der Waals surface area contributed by atoms with E-state index in [1.807, 2.05) is 17.0 Å². The average Bonchev–Trinajstić information content (AvgIpc) is 2.98. The normalized spacial score (nSPS) is 14.8. The van der Waals surface area contributed by atoms with Crippen LogP contribution in [0.1, 0.15) is 27.9 Å². The van der Waals surface area contributed by atoms with E-state index in [0.29, 0.717) is 23.5 Å². The van der Waals surface area contributed by atoms with E-state index in [1.54, 1.807) is 25.3 Å². The van der Waals surface area contributed by atoms with Crippen molar-refractivity contribution in [2.75, 3.05) is 31.0 Å². The lowest BCUT2D eigenvalue weighted by molar-refractivity contribution is -0.117. The number of nitrogens with one attached hydrogen (secondary N) is 1. The Kier molecular flexibility index (Phi) is 4.03. The highest BCUT2D eigenvalue weighted by molar-refractivity contribution is 6.07. The third kappa shape index (κ3) is 2.67. The van der Waals surface area contributed by atoms with Gasteiger partial charge in [0, 0.05) is 17.8 Å². The molecular weight excluding hydrogens is 332 g/mol. The first kappa shape index (κ1) is 16.4. The maximum atomic E-state index is 12.6. The molecule has 26 heavy (non-hydrogen) atoms. The van der Waals surface area contributed by atoms with E-state index in [0.717, 1.165) is 41.9 Å². The third-order valence-electron chi connectivity index (χ3n) is 4.91. The molecule has 2 aliphatic heterocycles. The van der Waals surface area contributed by atoms with Crippen molar-refractivity contribution in [3.05, 3.63) is 47.0 Å². The maximum Gasteiger partial charge on any atom is 0.255 e. The van der Waals surface area contributed by atoms with Gasteiger partial charge in [0.15, 0.2) is 11.5 Å². The second-order valence-corrected chi connectivity index (χ2v) is 6.49. The largest absolute Gasteiger partial charge is 0.493 e. The maximum absolute atomic E-state index is 12.6. The zero-order valence-electron chi connectivity index (χ0n) is 14.8. The van der Waals surface area contributed by atoms with E-state index < -0.39 is 0 Å². The van der Waals surface area contributed by atoms with Gasteiger partial charge in [-0.1, -0.05) is 0 Å². The molecule has 1 N–H and O–H groups in total. The molecule has 6 nitrogen and oxygen atoms in total. The number of nitrogens with zero attached hydrogens (tertiary/aromatic N) is 1. The fraction of sp³-hybridized carbons (Fsp3) is 0.300. The zero-order chi connectivity index (χ0) is 18.3. The molecule has 6 heteroatoms. The minimum absolute atomic E-state index is 0.143. The van der Waals surface area contributed by atoms with Crippen LogP contribution < -0.4 is 19.7 Å². The summed E-state index contributed by atoms with van der Waals surface area (Å²) in [6.07, 6.45) is 2.28. The number of hydrogen-bond acceptors (Lipinski definition) is 4. The molecule has 2 aliphatic rings. The summed E-state index contributed by atoms with van der Waals surface area (Å²) in [5.74, 6) is 0.995. The van der Waals surface area contributed by atoms with Gasteiger partial charge in [-0.05, 0) is 54.3 Å². The predicted molar refractivity (Wildman–Crippen MR) is 98.3 cm³/mol. The number of aryl methyl sites for hydroxylation is 1. The predicted octanol–water partition coefficient (Wildman–Crippen LogP) is 2.79. The topological polar surface area (TPSA) is 67.9 Å². The van der Waals surface area contributed by atoms with Crippen LogP contribution in [0.4, 0.5) is 11.4 Å². The van der Waals surface area contributed by atoms with Crippen molar-refractivity contribution in [3.8, 4) is 11.5 Å². The number of rotatable bonds is 4. The van der Waals surface area contributed by atoms with Crippen molar-refractivity contribution in [1.29, 1.82) is 0 Å². The molecule has 2 heterocycles. The van der Waals surface area contributed by atoms with E-state index in [-0.39, 0.29) is 11.8 Å². The fourth-order valence-corrected chi connectivity index (χ4v) is 3.73. The van der Waals surface area contributed by atoms with Gasteiger partial charge in [-0.3, -0.25) is 9.59 Å². The van der Waals surface area contributed by atoms with E-state index in [2.05, 4.69) is 5.32 Å². The minimum Gasteiger partial charge on any atom is -0.493 e. The number of methoxy groups -OCH3 is 2. The first-order valence-corrected chi connectivity index (χ1v) is 8.60. The van der Waals surface area contributed by atoms with Gasteiger partial charge in [-0.2, -0.15) is 0 Å². The fourth-order valence-electron chi connectivity index (χ4n) is 3.73. The van der Waals surface area contributed by atoms with Gasteiger partial charge in [-0.25, -0.2) is 0 Å². The lowest BCUT2D eigenvalue weighted by Gasteiger charge is -2.26. The Morgan fingerprint density at radius 1 is 1.08 bits per heavy atom. The molecule has 0 unspecified atom stereocenters. The summed E-state index contributed by atoms with van der Waals surface area (Å²) in [4.78, 5) is 26.7. The molecule has 0 saturated carbocycles. The van der Waals surface area contributed by atoms with E-state index in [9.17, 15) is 9.59 Å². The van der Waals surface area contributed by atoms with Crippen LogP contribution in [0, 0.1) is 0 Å². The van der Waals surface area contributed by atoms with Crippen molar-refractivity contribution in [3.63, 3.8) is 0 Å². The summed E-state index contributed by atoms with van der Waals surface area (Å²) in [5, 5.41) is 2.94. The highest BCUT2D eigenvalue weighted by atomic mass is 16.5. The van der Waals surface area contributed by atoms with Crippen LogP contribution in [0.2, 0.25) is 0 Å². The van der Waals surface area contributed by atoms with Gasteiger partial charge in [-0.15, -0.1) is 0 Å². The number of amides is 2. The highest BCUT2D eigenvalue weighted by Crippen LogP contribution is 2.39. The molecule has 134 valence electrons. The van der Waals surface area contributed by atoms with Crippen molar-refractivity contribution in [2.45, 2.75) is 19.3 Å². The van der Waals surface area contributed by atoms with Crippen LogP contribution in [0.3, 0.4) is 0 Å². The molecule has 4 rings (SSSR count).